The highest BCUT2D eigenvalue weighted by Crippen LogP contribution is 2.29. The maximum atomic E-state index is 12.5. The van der Waals surface area contributed by atoms with E-state index in [-0.39, 0.29) is 10.6 Å². The topological polar surface area (TPSA) is 114 Å². The average Bonchev–Trinajstić information content (AvgIpc) is 3.26. The lowest BCUT2D eigenvalue weighted by molar-refractivity contribution is 0.102. The summed E-state index contributed by atoms with van der Waals surface area (Å²) in [6, 6.07) is 10.3. The van der Waals surface area contributed by atoms with Crippen molar-refractivity contribution in [1.29, 1.82) is 0 Å². The zero-order chi connectivity index (χ0) is 20.6. The van der Waals surface area contributed by atoms with Crippen molar-refractivity contribution in [2.75, 3.05) is 16.9 Å². The van der Waals surface area contributed by atoms with Crippen molar-refractivity contribution in [2.24, 2.45) is 0 Å². The smallest absolute Gasteiger partial charge is 0.276 e. The number of aryl methyl sites for hydroxylation is 1. The number of anilines is 3. The number of nitrogens with zero attached hydrogens (tertiary/aromatic N) is 3. The highest BCUT2D eigenvalue weighted by Gasteiger charge is 2.15. The van der Waals surface area contributed by atoms with Crippen LogP contribution in [0, 0.1) is 6.92 Å². The van der Waals surface area contributed by atoms with Gasteiger partial charge in [-0.1, -0.05) is 17.4 Å². The zero-order valence-electron chi connectivity index (χ0n) is 15.3. The Morgan fingerprint density at radius 1 is 1.07 bits per heavy atom. The third-order valence-corrected chi connectivity index (χ3v) is 6.67. The zero-order valence-corrected chi connectivity index (χ0v) is 17.8. The van der Waals surface area contributed by atoms with Crippen LogP contribution in [0.15, 0.2) is 46.7 Å². The number of fused-ring (bicyclic) bond motifs is 1. The Morgan fingerprint density at radius 2 is 1.90 bits per heavy atom. The van der Waals surface area contributed by atoms with Gasteiger partial charge in [-0.2, -0.15) is 0 Å². The second-order valence-electron chi connectivity index (χ2n) is 6.20. The predicted octanol–water partition coefficient (Wildman–Crippen LogP) is 3.86. The van der Waals surface area contributed by atoms with Crippen molar-refractivity contribution in [1.82, 2.24) is 15.0 Å². The van der Waals surface area contributed by atoms with E-state index in [0.29, 0.717) is 26.3 Å². The van der Waals surface area contributed by atoms with E-state index in [2.05, 4.69) is 25.6 Å². The van der Waals surface area contributed by atoms with Gasteiger partial charge in [-0.15, -0.1) is 11.3 Å². The number of sulfone groups is 1. The highest BCUT2D eigenvalue weighted by atomic mass is 32.2. The largest absolute Gasteiger partial charge is 0.316 e. The molecule has 4 aromatic rings. The number of rotatable bonds is 5. The minimum absolute atomic E-state index is 0.214. The summed E-state index contributed by atoms with van der Waals surface area (Å²) in [7, 11) is -3.31. The van der Waals surface area contributed by atoms with Gasteiger partial charge in [0.2, 0.25) is 0 Å². The van der Waals surface area contributed by atoms with Crippen molar-refractivity contribution in [3.05, 3.63) is 53.2 Å². The molecular weight excluding hydrogens is 430 g/mol. The van der Waals surface area contributed by atoms with Gasteiger partial charge in [-0.05, 0) is 37.3 Å². The summed E-state index contributed by atoms with van der Waals surface area (Å²) in [6.07, 6.45) is 1.15. The van der Waals surface area contributed by atoms with E-state index in [9.17, 15) is 13.2 Å². The van der Waals surface area contributed by atoms with Crippen LogP contribution in [-0.4, -0.2) is 35.5 Å². The lowest BCUT2D eigenvalue weighted by Crippen LogP contribution is -2.12. The molecule has 0 fully saturated rings. The molecule has 0 bridgehead atoms. The molecule has 0 saturated carbocycles. The van der Waals surface area contributed by atoms with Gasteiger partial charge >= 0.3 is 0 Å². The van der Waals surface area contributed by atoms with Crippen molar-refractivity contribution >= 4 is 64.7 Å². The molecule has 0 aliphatic rings. The van der Waals surface area contributed by atoms with E-state index < -0.39 is 15.7 Å². The van der Waals surface area contributed by atoms with E-state index >= 15 is 0 Å². The normalized spacial score (nSPS) is 11.5. The number of amides is 1. The van der Waals surface area contributed by atoms with E-state index in [1.807, 2.05) is 25.1 Å². The number of nitrogens with one attached hydrogen (secondary N) is 2. The van der Waals surface area contributed by atoms with Gasteiger partial charge in [-0.3, -0.25) is 10.1 Å². The highest BCUT2D eigenvalue weighted by molar-refractivity contribution is 7.90. The number of hydrogen-bond donors (Lipinski definition) is 2. The number of benzene rings is 1. The predicted molar refractivity (Wildman–Crippen MR) is 115 cm³/mol. The van der Waals surface area contributed by atoms with Gasteiger partial charge in [0.15, 0.2) is 20.1 Å². The number of hydrogen-bond acceptors (Lipinski definition) is 9. The molecule has 0 unspecified atom stereocenters. The minimum Gasteiger partial charge on any atom is -0.316 e. The van der Waals surface area contributed by atoms with Crippen molar-refractivity contribution < 1.29 is 13.2 Å². The van der Waals surface area contributed by atoms with Gasteiger partial charge in [0, 0.05) is 17.3 Å². The molecule has 148 valence electrons. The molecule has 29 heavy (non-hydrogen) atoms. The van der Waals surface area contributed by atoms with Crippen LogP contribution in [0.4, 0.5) is 16.1 Å². The fourth-order valence-electron chi connectivity index (χ4n) is 2.51. The summed E-state index contributed by atoms with van der Waals surface area (Å²) in [4.78, 5) is 25.7. The summed E-state index contributed by atoms with van der Waals surface area (Å²) in [5, 5.41) is 8.35. The second-order valence-corrected chi connectivity index (χ2v) is 10.1. The lowest BCUT2D eigenvalue weighted by atomic mass is 10.3. The van der Waals surface area contributed by atoms with Crippen molar-refractivity contribution in [3.8, 4) is 0 Å². The lowest BCUT2D eigenvalue weighted by Gasteiger charge is -2.01. The first-order chi connectivity index (χ1) is 13.8. The van der Waals surface area contributed by atoms with E-state index in [1.54, 1.807) is 17.5 Å². The second kappa shape index (κ2) is 7.50. The standard InChI is InChI=1S/C18H15N5O3S3/c1-10-4-3-5-15(19-10)22-17-21-13(9-27-17)16(24)23-18-20-12-7-6-11(29(2,25)26)8-14(12)28-18/h3-9H,1-2H3,(H,19,21,22)(H,20,23,24). The summed E-state index contributed by atoms with van der Waals surface area (Å²) in [5.41, 5.74) is 1.74. The molecule has 0 spiro atoms. The van der Waals surface area contributed by atoms with Crippen molar-refractivity contribution in [2.45, 2.75) is 11.8 Å². The molecule has 1 amide bonds. The monoisotopic (exact) mass is 445 g/mol. The van der Waals surface area contributed by atoms with Gasteiger partial charge in [0.05, 0.1) is 15.1 Å². The van der Waals surface area contributed by atoms with Crippen LogP contribution in [0.5, 0.6) is 0 Å². The summed E-state index contributed by atoms with van der Waals surface area (Å²) >= 11 is 2.50. The van der Waals surface area contributed by atoms with Crippen LogP contribution in [-0.2, 0) is 9.84 Å². The fraction of sp³-hybridized carbons (Fsp3) is 0.111. The molecule has 0 atom stereocenters. The minimum atomic E-state index is -3.31. The maximum absolute atomic E-state index is 12.5. The molecule has 8 nitrogen and oxygen atoms in total. The summed E-state index contributed by atoms with van der Waals surface area (Å²) in [6.45, 7) is 1.89. The Morgan fingerprint density at radius 3 is 2.66 bits per heavy atom. The number of carbonyl (C=O) groups excluding carboxylic acids is 1. The molecule has 3 heterocycles. The van der Waals surface area contributed by atoms with Gasteiger partial charge < -0.3 is 5.32 Å². The number of carbonyl (C=O) groups is 1. The first-order valence-corrected chi connectivity index (χ1v) is 11.9. The van der Waals surface area contributed by atoms with Crippen LogP contribution in [0.25, 0.3) is 10.2 Å². The first-order valence-electron chi connectivity index (χ1n) is 8.36. The quantitative estimate of drug-likeness (QED) is 0.479. The SMILES string of the molecule is Cc1cccc(Nc2nc(C(=O)Nc3nc4ccc(S(C)(=O)=O)cc4s3)cs2)n1. The van der Waals surface area contributed by atoms with Gasteiger partial charge in [0.25, 0.3) is 5.91 Å². The molecule has 4 rings (SSSR count). The van der Waals surface area contributed by atoms with E-state index in [1.165, 1.54) is 28.7 Å². The molecular formula is C18H15N5O3S3. The number of pyridine rings is 1. The Balaban J connectivity index is 1.50. The molecule has 2 N–H and O–H groups in total. The number of thiazole rings is 2. The van der Waals surface area contributed by atoms with Gasteiger partial charge in [0.1, 0.15) is 11.5 Å². The van der Waals surface area contributed by atoms with Crippen LogP contribution in [0.3, 0.4) is 0 Å². The third kappa shape index (κ3) is 4.42. The van der Waals surface area contributed by atoms with E-state index in [0.717, 1.165) is 11.9 Å². The molecule has 0 aliphatic carbocycles. The van der Waals surface area contributed by atoms with Crippen LogP contribution < -0.4 is 10.6 Å². The molecule has 0 aliphatic heterocycles. The molecule has 3 aromatic heterocycles. The Kier molecular flexibility index (Phi) is 5.03. The van der Waals surface area contributed by atoms with E-state index in [4.69, 9.17) is 0 Å². The number of aromatic nitrogens is 3. The summed E-state index contributed by atoms with van der Waals surface area (Å²) in [5.74, 6) is 0.257. The molecule has 11 heteroatoms. The Labute approximate surface area is 174 Å². The first kappa shape index (κ1) is 19.4. The maximum Gasteiger partial charge on any atom is 0.276 e. The average molecular weight is 446 g/mol. The molecule has 0 radical (unpaired) electrons. The van der Waals surface area contributed by atoms with Crippen LogP contribution in [0.1, 0.15) is 16.2 Å². The van der Waals surface area contributed by atoms with Crippen molar-refractivity contribution in [3.63, 3.8) is 0 Å². The third-order valence-electron chi connectivity index (χ3n) is 3.87. The Bertz CT molecular complexity index is 1330. The molecule has 1 aromatic carbocycles. The van der Waals surface area contributed by atoms with Gasteiger partial charge in [-0.25, -0.2) is 23.4 Å². The summed E-state index contributed by atoms with van der Waals surface area (Å²) < 4.78 is 24.1. The fourth-order valence-corrected chi connectivity index (χ4v) is 4.83. The van der Waals surface area contributed by atoms with Crippen LogP contribution >= 0.6 is 22.7 Å². The Hall–Kier alpha value is -2.89. The molecule has 0 saturated heterocycles. The van der Waals surface area contributed by atoms with Crippen LogP contribution in [0.2, 0.25) is 0 Å².